The van der Waals surface area contributed by atoms with Gasteiger partial charge in [-0.15, -0.1) is 0 Å². The Labute approximate surface area is 174 Å². The fourth-order valence-electron chi connectivity index (χ4n) is 4.13. The summed E-state index contributed by atoms with van der Waals surface area (Å²) in [4.78, 5) is 42.4. The van der Waals surface area contributed by atoms with Gasteiger partial charge in [0.15, 0.2) is 0 Å². The summed E-state index contributed by atoms with van der Waals surface area (Å²) >= 11 is 0. The fourth-order valence-corrected chi connectivity index (χ4v) is 4.13. The minimum absolute atomic E-state index is 0.143. The van der Waals surface area contributed by atoms with Gasteiger partial charge >= 0.3 is 6.03 Å². The largest absolute Gasteiger partial charge is 0.474 e. The van der Waals surface area contributed by atoms with Gasteiger partial charge in [0.25, 0.3) is 11.8 Å². The van der Waals surface area contributed by atoms with Crippen LogP contribution in [0.1, 0.15) is 41.6 Å². The Morgan fingerprint density at radius 1 is 1.10 bits per heavy atom. The van der Waals surface area contributed by atoms with Gasteiger partial charge in [-0.1, -0.05) is 30.3 Å². The molecule has 8 nitrogen and oxygen atoms in total. The minimum atomic E-state index is -0.587. The van der Waals surface area contributed by atoms with Crippen LogP contribution < -0.4 is 15.8 Å². The first-order chi connectivity index (χ1) is 14.5. The molecule has 1 saturated heterocycles. The van der Waals surface area contributed by atoms with E-state index in [1.165, 1.54) is 4.90 Å². The zero-order valence-electron chi connectivity index (χ0n) is 16.5. The maximum absolute atomic E-state index is 12.9. The van der Waals surface area contributed by atoms with Crippen molar-refractivity contribution in [2.24, 2.45) is 5.73 Å². The van der Waals surface area contributed by atoms with Crippen molar-refractivity contribution in [2.45, 2.75) is 50.3 Å². The zero-order chi connectivity index (χ0) is 21.1. The van der Waals surface area contributed by atoms with E-state index in [9.17, 15) is 14.4 Å². The van der Waals surface area contributed by atoms with Crippen molar-refractivity contribution in [3.63, 3.8) is 0 Å². The number of hydrogen-bond acceptors (Lipinski definition) is 5. The van der Waals surface area contributed by atoms with Gasteiger partial charge in [0.2, 0.25) is 5.88 Å². The van der Waals surface area contributed by atoms with Crippen LogP contribution in [0.25, 0.3) is 0 Å². The Kier molecular flexibility index (Phi) is 5.65. The molecule has 2 heterocycles. The number of carbonyl (C=O) groups excluding carboxylic acids is 3. The van der Waals surface area contributed by atoms with Crippen LogP contribution in [0.4, 0.5) is 4.79 Å². The third-order valence-electron chi connectivity index (χ3n) is 5.66. The van der Waals surface area contributed by atoms with E-state index in [1.807, 2.05) is 30.3 Å². The highest BCUT2D eigenvalue weighted by atomic mass is 16.5. The van der Waals surface area contributed by atoms with E-state index in [2.05, 4.69) is 10.3 Å². The number of nitrogens with one attached hydrogen (secondary N) is 1. The molecule has 3 N–H and O–H groups in total. The average molecular weight is 408 g/mol. The number of nitrogens with zero attached hydrogens (tertiary/aromatic N) is 2. The number of hydrogen-bond donors (Lipinski definition) is 2. The Morgan fingerprint density at radius 2 is 1.83 bits per heavy atom. The maximum atomic E-state index is 12.9. The number of benzene rings is 1. The highest BCUT2D eigenvalue weighted by molar-refractivity contribution is 6.04. The Morgan fingerprint density at radius 3 is 2.53 bits per heavy atom. The van der Waals surface area contributed by atoms with E-state index in [0.717, 1.165) is 5.56 Å². The van der Waals surface area contributed by atoms with E-state index in [1.54, 1.807) is 18.3 Å². The number of carbonyl (C=O) groups is 3. The lowest BCUT2D eigenvalue weighted by atomic mass is 9.91. The number of pyridine rings is 1. The molecule has 0 bridgehead atoms. The molecule has 0 unspecified atom stereocenters. The smallest absolute Gasteiger partial charge is 0.325 e. The van der Waals surface area contributed by atoms with Crippen LogP contribution in [0.5, 0.6) is 5.88 Å². The van der Waals surface area contributed by atoms with Crippen molar-refractivity contribution in [1.82, 2.24) is 15.2 Å². The van der Waals surface area contributed by atoms with Gasteiger partial charge in [-0.3, -0.25) is 14.5 Å². The molecule has 1 aromatic heterocycles. The molecule has 1 aliphatic carbocycles. The first-order valence-electron chi connectivity index (χ1n) is 10.1. The first-order valence-corrected chi connectivity index (χ1v) is 10.1. The van der Waals surface area contributed by atoms with Crippen molar-refractivity contribution < 1.29 is 19.1 Å². The molecule has 2 fully saturated rings. The highest BCUT2D eigenvalue weighted by Crippen LogP contribution is 2.29. The van der Waals surface area contributed by atoms with Gasteiger partial charge in [-0.05, 0) is 43.4 Å². The maximum Gasteiger partial charge on any atom is 0.325 e. The molecule has 30 heavy (non-hydrogen) atoms. The SMILES string of the molecule is NC(=O)c1cccnc1OC1CCC(N2C(=O)N[C@H](Cc3ccccc3)C2=O)CC1. The lowest BCUT2D eigenvalue weighted by molar-refractivity contribution is -0.129. The molecule has 8 heteroatoms. The number of rotatable bonds is 6. The van der Waals surface area contributed by atoms with Crippen LogP contribution in [-0.4, -0.2) is 45.9 Å². The minimum Gasteiger partial charge on any atom is -0.474 e. The van der Waals surface area contributed by atoms with Crippen LogP contribution in [0.15, 0.2) is 48.7 Å². The molecular weight excluding hydrogens is 384 g/mol. The molecule has 2 aliphatic rings. The van der Waals surface area contributed by atoms with Gasteiger partial charge in [-0.2, -0.15) is 0 Å². The van der Waals surface area contributed by atoms with Crippen LogP contribution in [0, 0.1) is 0 Å². The molecule has 0 radical (unpaired) electrons. The zero-order valence-corrected chi connectivity index (χ0v) is 16.5. The van der Waals surface area contributed by atoms with Crippen LogP contribution >= 0.6 is 0 Å². The number of nitrogens with two attached hydrogens (primary N) is 1. The van der Waals surface area contributed by atoms with Crippen molar-refractivity contribution in [2.75, 3.05) is 0 Å². The van der Waals surface area contributed by atoms with Gasteiger partial charge in [0.1, 0.15) is 17.7 Å². The first kappa shape index (κ1) is 19.9. The summed E-state index contributed by atoms with van der Waals surface area (Å²) in [6.07, 6.45) is 4.47. The van der Waals surface area contributed by atoms with Crippen molar-refractivity contribution in [3.05, 3.63) is 59.8 Å². The van der Waals surface area contributed by atoms with Gasteiger partial charge in [0.05, 0.1) is 0 Å². The summed E-state index contributed by atoms with van der Waals surface area (Å²) in [5.74, 6) is -0.532. The standard InChI is InChI=1S/C22H24N4O4/c23-19(27)17-7-4-12-24-20(17)30-16-10-8-15(9-11-16)26-21(28)18(25-22(26)29)13-14-5-2-1-3-6-14/h1-7,12,15-16,18H,8-11,13H2,(H2,23,27)(H,25,29)/t15?,16?,18-/m1/s1. The third kappa shape index (κ3) is 4.12. The summed E-state index contributed by atoms with van der Waals surface area (Å²) in [6, 6.07) is 11.9. The highest BCUT2D eigenvalue weighted by Gasteiger charge is 2.43. The predicted octanol–water partition coefficient (Wildman–Crippen LogP) is 2.03. The molecular formula is C22H24N4O4. The molecule has 1 saturated carbocycles. The van der Waals surface area contributed by atoms with E-state index >= 15 is 0 Å². The Balaban J connectivity index is 1.35. The second-order valence-electron chi connectivity index (χ2n) is 7.67. The molecule has 2 aromatic rings. The topological polar surface area (TPSA) is 115 Å². The summed E-state index contributed by atoms with van der Waals surface area (Å²) < 4.78 is 5.90. The quantitative estimate of drug-likeness (QED) is 0.710. The van der Waals surface area contributed by atoms with Crippen molar-refractivity contribution in [1.29, 1.82) is 0 Å². The predicted molar refractivity (Wildman–Crippen MR) is 109 cm³/mol. The van der Waals surface area contributed by atoms with E-state index in [-0.39, 0.29) is 35.5 Å². The number of primary amides is 1. The summed E-state index contributed by atoms with van der Waals surface area (Å²) in [6.45, 7) is 0. The lowest BCUT2D eigenvalue weighted by Gasteiger charge is -2.33. The van der Waals surface area contributed by atoms with Crippen molar-refractivity contribution >= 4 is 17.8 Å². The van der Waals surface area contributed by atoms with E-state index in [4.69, 9.17) is 10.5 Å². The van der Waals surface area contributed by atoms with Crippen LogP contribution in [-0.2, 0) is 11.2 Å². The lowest BCUT2D eigenvalue weighted by Crippen LogP contribution is -2.44. The number of aromatic nitrogens is 1. The molecule has 4 amide bonds. The Hall–Kier alpha value is -3.42. The monoisotopic (exact) mass is 408 g/mol. The van der Waals surface area contributed by atoms with Crippen molar-refractivity contribution in [3.8, 4) is 5.88 Å². The summed E-state index contributed by atoms with van der Waals surface area (Å²) in [5.41, 5.74) is 6.63. The number of ether oxygens (including phenoxy) is 1. The Bertz CT molecular complexity index is 941. The van der Waals surface area contributed by atoms with E-state index in [0.29, 0.717) is 32.1 Å². The molecule has 1 atom stereocenters. The molecule has 1 aliphatic heterocycles. The second-order valence-corrected chi connectivity index (χ2v) is 7.67. The number of imide groups is 1. The van der Waals surface area contributed by atoms with Gasteiger partial charge in [-0.25, -0.2) is 9.78 Å². The number of amides is 4. The van der Waals surface area contributed by atoms with Gasteiger partial charge < -0.3 is 15.8 Å². The normalized spacial score (nSPS) is 23.9. The van der Waals surface area contributed by atoms with Crippen LogP contribution in [0.2, 0.25) is 0 Å². The van der Waals surface area contributed by atoms with Gasteiger partial charge in [0, 0.05) is 18.7 Å². The molecule has 1 aromatic carbocycles. The molecule has 156 valence electrons. The van der Waals surface area contributed by atoms with Crippen LogP contribution in [0.3, 0.4) is 0 Å². The molecule has 0 spiro atoms. The number of urea groups is 1. The second kappa shape index (κ2) is 8.52. The summed E-state index contributed by atoms with van der Waals surface area (Å²) in [5, 5.41) is 2.82. The third-order valence-corrected chi connectivity index (χ3v) is 5.66. The fraction of sp³-hybridized carbons (Fsp3) is 0.364. The average Bonchev–Trinajstić information content (AvgIpc) is 3.02. The summed E-state index contributed by atoms with van der Waals surface area (Å²) in [7, 11) is 0. The van der Waals surface area contributed by atoms with E-state index < -0.39 is 11.9 Å². The molecule has 4 rings (SSSR count).